The zero-order chi connectivity index (χ0) is 16.9. The fraction of sp³-hybridized carbons (Fsp3) is 0.812. The Morgan fingerprint density at radius 1 is 1.33 bits per heavy atom. The summed E-state index contributed by atoms with van der Waals surface area (Å²) >= 11 is 0. The average molecular weight is 450 g/mol. The number of nitrogens with zero attached hydrogens (tertiary/aromatic N) is 4. The van der Waals surface area contributed by atoms with Gasteiger partial charge in [0, 0.05) is 26.7 Å². The number of aliphatic imine (C=N–C) groups is 1. The Morgan fingerprint density at radius 3 is 2.54 bits per heavy atom. The molecule has 0 unspecified atom stereocenters. The molecule has 1 aromatic heterocycles. The van der Waals surface area contributed by atoms with Crippen molar-refractivity contribution in [3.8, 4) is 0 Å². The summed E-state index contributed by atoms with van der Waals surface area (Å²) in [4.78, 5) is 4.68. The van der Waals surface area contributed by atoms with Crippen LogP contribution in [0.4, 0.5) is 0 Å². The molecule has 0 radical (unpaired) electrons. The molecule has 1 aromatic rings. The first-order valence-corrected chi connectivity index (χ1v) is 8.36. The number of hydrogen-bond acceptors (Lipinski definition) is 4. The smallest absolute Gasteiger partial charge is 0.192 e. The number of nitrogens with one attached hydrogen (secondary N) is 2. The number of aryl methyl sites for hydroxylation is 1. The van der Waals surface area contributed by atoms with Crippen LogP contribution in [-0.2, 0) is 18.3 Å². The van der Waals surface area contributed by atoms with Crippen molar-refractivity contribution in [1.29, 1.82) is 0 Å². The summed E-state index contributed by atoms with van der Waals surface area (Å²) in [5.74, 6) is 2.58. The molecule has 138 valence electrons. The second-order valence-electron chi connectivity index (χ2n) is 6.83. The van der Waals surface area contributed by atoms with Crippen molar-refractivity contribution in [3.63, 3.8) is 0 Å². The molecule has 0 amide bonds. The molecule has 1 saturated carbocycles. The third kappa shape index (κ3) is 6.19. The van der Waals surface area contributed by atoms with Gasteiger partial charge >= 0.3 is 0 Å². The lowest BCUT2D eigenvalue weighted by atomic mass is 10.1. The van der Waals surface area contributed by atoms with E-state index in [4.69, 9.17) is 4.74 Å². The van der Waals surface area contributed by atoms with E-state index in [1.54, 1.807) is 7.11 Å². The SMILES string of the molecule is COC(C)(C)CNC(=NCc1nnc(C)n1C)NC1CCCC1.I. The maximum absolute atomic E-state index is 5.47. The Kier molecular flexibility index (Phi) is 8.41. The van der Waals surface area contributed by atoms with Gasteiger partial charge in [-0.05, 0) is 33.6 Å². The van der Waals surface area contributed by atoms with E-state index >= 15 is 0 Å². The Morgan fingerprint density at radius 2 is 2.00 bits per heavy atom. The molecule has 1 aliphatic carbocycles. The molecular weight excluding hydrogens is 419 g/mol. The van der Waals surface area contributed by atoms with Crippen molar-refractivity contribution in [3.05, 3.63) is 11.6 Å². The third-order valence-corrected chi connectivity index (χ3v) is 4.49. The number of guanidine groups is 1. The van der Waals surface area contributed by atoms with Crippen LogP contribution >= 0.6 is 24.0 Å². The van der Waals surface area contributed by atoms with E-state index in [9.17, 15) is 0 Å². The van der Waals surface area contributed by atoms with Crippen LogP contribution in [0.15, 0.2) is 4.99 Å². The normalized spacial score (nSPS) is 16.1. The van der Waals surface area contributed by atoms with Crippen molar-refractivity contribution in [2.45, 2.75) is 64.6 Å². The van der Waals surface area contributed by atoms with Crippen molar-refractivity contribution < 1.29 is 4.74 Å². The fourth-order valence-corrected chi connectivity index (χ4v) is 2.52. The Labute approximate surface area is 162 Å². The van der Waals surface area contributed by atoms with Gasteiger partial charge < -0.3 is 19.9 Å². The predicted octanol–water partition coefficient (Wildman–Crippen LogP) is 2.14. The van der Waals surface area contributed by atoms with Crippen LogP contribution < -0.4 is 10.6 Å². The third-order valence-electron chi connectivity index (χ3n) is 4.49. The highest BCUT2D eigenvalue weighted by atomic mass is 127. The molecule has 0 saturated heterocycles. The van der Waals surface area contributed by atoms with Crippen LogP contribution in [-0.4, -0.2) is 46.0 Å². The van der Waals surface area contributed by atoms with Gasteiger partial charge in [0.15, 0.2) is 11.8 Å². The monoisotopic (exact) mass is 450 g/mol. The first kappa shape index (κ1) is 21.1. The molecular formula is C16H31IN6O. The molecule has 1 fully saturated rings. The Hall–Kier alpha value is -0.900. The van der Waals surface area contributed by atoms with Gasteiger partial charge in [0.05, 0.1) is 5.60 Å². The number of aromatic nitrogens is 3. The van der Waals surface area contributed by atoms with Crippen molar-refractivity contribution >= 4 is 29.9 Å². The summed E-state index contributed by atoms with van der Waals surface area (Å²) in [6, 6.07) is 0.508. The summed E-state index contributed by atoms with van der Waals surface area (Å²) in [6.45, 7) is 7.25. The van der Waals surface area contributed by atoms with Crippen molar-refractivity contribution in [1.82, 2.24) is 25.4 Å². The molecule has 24 heavy (non-hydrogen) atoms. The minimum Gasteiger partial charge on any atom is -0.377 e. The Balaban J connectivity index is 0.00000288. The Bertz CT molecular complexity index is 537. The molecule has 0 aliphatic heterocycles. The molecule has 1 aliphatic rings. The molecule has 8 heteroatoms. The van der Waals surface area contributed by atoms with Crippen LogP contribution in [0.1, 0.15) is 51.2 Å². The van der Waals surface area contributed by atoms with Crippen LogP contribution in [0.3, 0.4) is 0 Å². The zero-order valence-electron chi connectivity index (χ0n) is 15.4. The van der Waals surface area contributed by atoms with E-state index in [0.717, 1.165) is 17.6 Å². The van der Waals surface area contributed by atoms with Gasteiger partial charge in [-0.3, -0.25) is 0 Å². The topological polar surface area (TPSA) is 76.4 Å². The van der Waals surface area contributed by atoms with Gasteiger partial charge in [-0.1, -0.05) is 12.8 Å². The van der Waals surface area contributed by atoms with Gasteiger partial charge in [-0.15, -0.1) is 34.2 Å². The molecule has 0 atom stereocenters. The highest BCUT2D eigenvalue weighted by Gasteiger charge is 2.20. The lowest BCUT2D eigenvalue weighted by Gasteiger charge is -2.25. The standard InChI is InChI=1S/C16H30N6O.HI/c1-12-20-21-14(22(12)4)10-17-15(18-11-16(2,3)23-5)19-13-8-6-7-9-13;/h13H,6-11H2,1-5H3,(H2,17,18,19);1H. The number of ether oxygens (including phenoxy) is 1. The highest BCUT2D eigenvalue weighted by molar-refractivity contribution is 14.0. The molecule has 2 N–H and O–H groups in total. The van der Waals surface area contributed by atoms with E-state index in [0.29, 0.717) is 19.1 Å². The molecule has 0 spiro atoms. The first-order chi connectivity index (χ1) is 10.9. The molecule has 0 aromatic carbocycles. The van der Waals surface area contributed by atoms with E-state index in [-0.39, 0.29) is 29.6 Å². The predicted molar refractivity (Wildman–Crippen MR) is 107 cm³/mol. The number of halogens is 1. The second-order valence-corrected chi connectivity index (χ2v) is 6.83. The van der Waals surface area contributed by atoms with E-state index in [1.165, 1.54) is 25.7 Å². The molecule has 7 nitrogen and oxygen atoms in total. The quantitative estimate of drug-likeness (QED) is 0.395. The average Bonchev–Trinajstić information content (AvgIpc) is 3.14. The summed E-state index contributed by atoms with van der Waals surface area (Å²) in [5.41, 5.74) is -0.237. The number of methoxy groups -OCH3 is 1. The first-order valence-electron chi connectivity index (χ1n) is 8.36. The van der Waals surface area contributed by atoms with Crippen LogP contribution in [0, 0.1) is 6.92 Å². The van der Waals surface area contributed by atoms with Crippen LogP contribution in [0.5, 0.6) is 0 Å². The summed E-state index contributed by atoms with van der Waals surface area (Å²) in [5, 5.41) is 15.2. The maximum atomic E-state index is 5.47. The van der Waals surface area contributed by atoms with Crippen molar-refractivity contribution in [2.24, 2.45) is 12.0 Å². The fourth-order valence-electron chi connectivity index (χ4n) is 2.52. The number of hydrogen-bond donors (Lipinski definition) is 2. The summed E-state index contributed by atoms with van der Waals surface area (Å²) < 4.78 is 7.44. The van der Waals surface area contributed by atoms with Gasteiger partial charge in [0.2, 0.25) is 0 Å². The second kappa shape index (κ2) is 9.55. The van der Waals surface area contributed by atoms with Gasteiger partial charge in [0.25, 0.3) is 0 Å². The van der Waals surface area contributed by atoms with E-state index < -0.39 is 0 Å². The lowest BCUT2D eigenvalue weighted by molar-refractivity contribution is 0.0268. The van der Waals surface area contributed by atoms with Gasteiger partial charge in [0.1, 0.15) is 12.4 Å². The highest BCUT2D eigenvalue weighted by Crippen LogP contribution is 2.17. The largest absolute Gasteiger partial charge is 0.377 e. The van der Waals surface area contributed by atoms with Gasteiger partial charge in [-0.25, -0.2) is 4.99 Å². The molecule has 0 bridgehead atoms. The maximum Gasteiger partial charge on any atom is 0.192 e. The van der Waals surface area contributed by atoms with Gasteiger partial charge in [-0.2, -0.15) is 0 Å². The summed E-state index contributed by atoms with van der Waals surface area (Å²) in [7, 11) is 3.69. The van der Waals surface area contributed by atoms with Crippen LogP contribution in [0.25, 0.3) is 0 Å². The molecule has 2 rings (SSSR count). The van der Waals surface area contributed by atoms with E-state index in [1.807, 2.05) is 18.5 Å². The number of rotatable bonds is 6. The summed E-state index contributed by atoms with van der Waals surface area (Å²) in [6.07, 6.45) is 4.99. The molecule has 1 heterocycles. The van der Waals surface area contributed by atoms with E-state index in [2.05, 4.69) is 39.7 Å². The zero-order valence-corrected chi connectivity index (χ0v) is 17.8. The minimum atomic E-state index is -0.237. The van der Waals surface area contributed by atoms with Crippen LogP contribution in [0.2, 0.25) is 0 Å². The van der Waals surface area contributed by atoms with Crippen molar-refractivity contribution in [2.75, 3.05) is 13.7 Å². The minimum absolute atomic E-state index is 0. The lowest BCUT2D eigenvalue weighted by Crippen LogP contribution is -2.47.